The zero-order valence-electron chi connectivity index (χ0n) is 17.0. The third-order valence-electron chi connectivity index (χ3n) is 4.52. The lowest BCUT2D eigenvalue weighted by Crippen LogP contribution is -2.51. The number of carbonyl (C=O) groups is 2. The van der Waals surface area contributed by atoms with Crippen LogP contribution in [0.5, 0.6) is 5.75 Å². The van der Waals surface area contributed by atoms with Crippen molar-refractivity contribution in [2.75, 3.05) is 0 Å². The highest BCUT2D eigenvalue weighted by Crippen LogP contribution is 2.44. The molecule has 0 saturated heterocycles. The minimum atomic E-state index is -5.20. The highest BCUT2D eigenvalue weighted by molar-refractivity contribution is 7.18. The minimum absolute atomic E-state index is 0.252. The second-order valence-electron chi connectivity index (χ2n) is 6.96. The van der Waals surface area contributed by atoms with Gasteiger partial charge in [-0.2, -0.15) is 18.4 Å². The van der Waals surface area contributed by atoms with Crippen molar-refractivity contribution in [3.63, 3.8) is 0 Å². The maximum Gasteiger partial charge on any atom is 0.424 e. The lowest BCUT2D eigenvalue weighted by atomic mass is 9.99. The zero-order valence-corrected chi connectivity index (χ0v) is 17.8. The first-order valence-electron chi connectivity index (χ1n) is 9.44. The quantitative estimate of drug-likeness (QED) is 0.468. The minimum Gasteiger partial charge on any atom is -0.481 e. The number of para-hydroxylation sites is 1. The lowest BCUT2D eigenvalue weighted by molar-refractivity contribution is -0.267. The molecule has 0 aliphatic carbocycles. The summed E-state index contributed by atoms with van der Waals surface area (Å²) in [7, 11) is 0. The van der Waals surface area contributed by atoms with Crippen molar-refractivity contribution in [3.8, 4) is 11.8 Å². The van der Waals surface area contributed by atoms with Crippen molar-refractivity contribution in [3.05, 3.63) is 59.1 Å². The Balaban J connectivity index is 1.64. The van der Waals surface area contributed by atoms with E-state index in [0.29, 0.717) is 21.6 Å². The Morgan fingerprint density at radius 1 is 1.18 bits per heavy atom. The highest BCUT2D eigenvalue weighted by atomic mass is 32.1. The number of hydrazine groups is 1. The second-order valence-corrected chi connectivity index (χ2v) is 7.99. The average Bonchev–Trinajstić information content (AvgIpc) is 3.22. The summed E-state index contributed by atoms with van der Waals surface area (Å²) in [4.78, 5) is 28.1. The van der Waals surface area contributed by atoms with Crippen molar-refractivity contribution in [1.82, 2.24) is 15.8 Å². The highest BCUT2D eigenvalue weighted by Gasteiger charge is 2.58. The molecule has 2 amide bonds. The maximum absolute atomic E-state index is 13.7. The molecule has 172 valence electrons. The van der Waals surface area contributed by atoms with Crippen molar-refractivity contribution in [2.24, 2.45) is 0 Å². The van der Waals surface area contributed by atoms with Gasteiger partial charge in [-0.25, -0.2) is 4.98 Å². The van der Waals surface area contributed by atoms with E-state index in [1.807, 2.05) is 16.9 Å². The van der Waals surface area contributed by atoms with Crippen LogP contribution in [0.3, 0.4) is 0 Å². The summed E-state index contributed by atoms with van der Waals surface area (Å²) in [6.07, 6.45) is -7.74. The number of thiazole rings is 1. The van der Waals surface area contributed by atoms with Gasteiger partial charge in [-0.1, -0.05) is 12.1 Å². The molecular weight excluding hydrogens is 461 g/mol. The summed E-state index contributed by atoms with van der Waals surface area (Å²) in [5.41, 5.74) is 0.913. The number of amides is 2. The molecule has 3 aromatic rings. The van der Waals surface area contributed by atoms with E-state index in [-0.39, 0.29) is 11.3 Å². The van der Waals surface area contributed by atoms with Crippen molar-refractivity contribution < 1.29 is 32.6 Å². The number of rotatable bonds is 6. The fourth-order valence-electron chi connectivity index (χ4n) is 2.72. The second kappa shape index (κ2) is 9.43. The summed E-state index contributed by atoms with van der Waals surface area (Å²) >= 11 is 0.618. The van der Waals surface area contributed by atoms with Crippen molar-refractivity contribution >= 4 is 33.4 Å². The van der Waals surface area contributed by atoms with Crippen LogP contribution in [-0.4, -0.2) is 34.2 Å². The summed E-state index contributed by atoms with van der Waals surface area (Å²) in [5, 5.41) is 18.5. The van der Waals surface area contributed by atoms with Gasteiger partial charge in [0.15, 0.2) is 6.10 Å². The van der Waals surface area contributed by atoms with Gasteiger partial charge < -0.3 is 9.84 Å². The number of aromatic nitrogens is 1. The maximum atomic E-state index is 13.7. The molecule has 12 heteroatoms. The van der Waals surface area contributed by atoms with Gasteiger partial charge in [-0.3, -0.25) is 20.4 Å². The molecule has 3 N–H and O–H groups in total. The summed E-state index contributed by atoms with van der Waals surface area (Å²) in [6, 6.07) is 14.0. The Bertz CT molecular complexity index is 1170. The van der Waals surface area contributed by atoms with Crippen LogP contribution in [0.25, 0.3) is 10.2 Å². The monoisotopic (exact) mass is 478 g/mol. The van der Waals surface area contributed by atoms with Gasteiger partial charge in [0.1, 0.15) is 10.8 Å². The predicted molar refractivity (Wildman–Crippen MR) is 112 cm³/mol. The molecule has 2 atom stereocenters. The molecule has 8 nitrogen and oxygen atoms in total. The van der Waals surface area contributed by atoms with E-state index in [1.54, 1.807) is 18.2 Å². The van der Waals surface area contributed by atoms with Gasteiger partial charge in [0.2, 0.25) is 11.5 Å². The molecule has 0 saturated carbocycles. The molecule has 0 fully saturated rings. The lowest BCUT2D eigenvalue weighted by Gasteiger charge is -2.27. The van der Waals surface area contributed by atoms with Crippen LogP contribution in [0, 0.1) is 11.3 Å². The Morgan fingerprint density at radius 2 is 1.85 bits per heavy atom. The third kappa shape index (κ3) is 5.39. The van der Waals surface area contributed by atoms with Crippen molar-refractivity contribution in [2.45, 2.75) is 31.2 Å². The number of alkyl halides is 3. The third-order valence-corrected chi connectivity index (χ3v) is 5.71. The summed E-state index contributed by atoms with van der Waals surface area (Å²) in [5.74, 6) is -1.86. The molecule has 2 aromatic carbocycles. The Hall–Kier alpha value is -3.69. The number of nitrogens with zero attached hydrogens (tertiary/aromatic N) is 2. The number of nitrogens with one attached hydrogen (secondary N) is 2. The van der Waals surface area contributed by atoms with Gasteiger partial charge in [0, 0.05) is 0 Å². The number of hydrogen-bond acceptors (Lipinski definition) is 7. The van der Waals surface area contributed by atoms with E-state index < -0.39 is 41.1 Å². The molecule has 0 radical (unpaired) electrons. The zero-order chi connectivity index (χ0) is 24.2. The molecular formula is C21H17F3N4O4S. The largest absolute Gasteiger partial charge is 0.481 e. The first-order valence-corrected chi connectivity index (χ1v) is 10.3. The number of carbonyl (C=O) groups excluding carboxylic acids is 2. The van der Waals surface area contributed by atoms with Crippen LogP contribution in [0.4, 0.5) is 13.2 Å². The first-order chi connectivity index (χ1) is 15.5. The molecule has 3 rings (SSSR count). The number of ether oxygens (including phenoxy) is 1. The number of fused-ring (bicyclic) bond motifs is 1. The number of nitriles is 1. The molecule has 0 unspecified atom stereocenters. The van der Waals surface area contributed by atoms with Crippen LogP contribution in [0.15, 0.2) is 48.5 Å². The molecule has 1 heterocycles. The molecule has 0 aliphatic rings. The van der Waals surface area contributed by atoms with Gasteiger partial charge in [-0.05, 0) is 43.3 Å². The van der Waals surface area contributed by atoms with Crippen LogP contribution in [-0.2, 0) is 15.2 Å². The molecule has 0 aliphatic heterocycles. The number of aliphatic hydroxyl groups is 1. The summed E-state index contributed by atoms with van der Waals surface area (Å²) < 4.78 is 46.9. The molecule has 33 heavy (non-hydrogen) atoms. The van der Waals surface area contributed by atoms with Gasteiger partial charge in [-0.15, -0.1) is 11.3 Å². The standard InChI is InChI=1S/C21H17F3N4O4S/c1-12(32-14-8-6-13(11-25)7-9-14)18(30)28-27-17(29)10-20(31,21(22,23)24)19-26-15-4-2-3-5-16(15)33-19/h2-9,12,31H,10H2,1H3,(H,27,29)(H,28,30)/t12-,20+/m0/s1. The Morgan fingerprint density at radius 3 is 2.45 bits per heavy atom. The van der Waals surface area contributed by atoms with E-state index in [4.69, 9.17) is 10.00 Å². The van der Waals surface area contributed by atoms with Gasteiger partial charge >= 0.3 is 6.18 Å². The van der Waals surface area contributed by atoms with Gasteiger partial charge in [0.05, 0.1) is 28.3 Å². The van der Waals surface area contributed by atoms with E-state index in [9.17, 15) is 27.9 Å². The molecule has 0 bridgehead atoms. The normalized spacial score (nSPS) is 14.1. The van der Waals surface area contributed by atoms with E-state index in [0.717, 1.165) is 0 Å². The fraction of sp³-hybridized carbons (Fsp3) is 0.238. The van der Waals surface area contributed by atoms with Crippen LogP contribution < -0.4 is 15.6 Å². The average molecular weight is 478 g/mol. The SMILES string of the molecule is C[C@H](Oc1ccc(C#N)cc1)C(=O)NNC(=O)C[C@@](O)(c1nc2ccccc2s1)C(F)(F)F. The Kier molecular flexibility index (Phi) is 6.85. The van der Waals surface area contributed by atoms with E-state index in [2.05, 4.69) is 4.98 Å². The van der Waals surface area contributed by atoms with Crippen molar-refractivity contribution in [1.29, 1.82) is 5.26 Å². The molecule has 1 aromatic heterocycles. The topological polar surface area (TPSA) is 124 Å². The van der Waals surface area contributed by atoms with E-state index >= 15 is 0 Å². The number of benzene rings is 2. The van der Waals surface area contributed by atoms with Gasteiger partial charge in [0.25, 0.3) is 5.91 Å². The predicted octanol–water partition coefficient (Wildman–Crippen LogP) is 2.92. The Labute approximate surface area is 189 Å². The van der Waals surface area contributed by atoms with Crippen LogP contribution in [0.2, 0.25) is 0 Å². The summed E-state index contributed by atoms with van der Waals surface area (Å²) in [6.45, 7) is 1.35. The van der Waals surface area contributed by atoms with Crippen LogP contribution in [0.1, 0.15) is 23.9 Å². The fourth-order valence-corrected chi connectivity index (χ4v) is 3.80. The van der Waals surface area contributed by atoms with Crippen LogP contribution >= 0.6 is 11.3 Å². The van der Waals surface area contributed by atoms with E-state index in [1.165, 1.54) is 37.3 Å². The number of hydrogen-bond donors (Lipinski definition) is 3. The first kappa shape index (κ1) is 24.0. The molecule has 0 spiro atoms. The number of halogens is 3. The smallest absolute Gasteiger partial charge is 0.424 e.